The SMILES string of the molecule is O=C1CC=C(C(F)(F)F)C=C1NC(=O)N1CCC(O)C1. The van der Waals surface area contributed by atoms with Gasteiger partial charge in [0.15, 0.2) is 5.78 Å². The number of carbonyl (C=O) groups is 2. The van der Waals surface area contributed by atoms with Crippen LogP contribution in [0, 0.1) is 0 Å². The quantitative estimate of drug-likeness (QED) is 0.760. The number of aliphatic hydroxyl groups is 1. The number of nitrogens with zero attached hydrogens (tertiary/aromatic N) is 1. The number of Topliss-reactive ketones (excluding diaryl/α,β-unsaturated/α-hetero) is 1. The highest BCUT2D eigenvalue weighted by atomic mass is 19.4. The molecule has 1 fully saturated rings. The Hall–Kier alpha value is -1.83. The van der Waals surface area contributed by atoms with E-state index in [9.17, 15) is 27.9 Å². The van der Waals surface area contributed by atoms with Crippen LogP contribution in [0.25, 0.3) is 0 Å². The van der Waals surface area contributed by atoms with E-state index < -0.39 is 36.1 Å². The fourth-order valence-corrected chi connectivity index (χ4v) is 2.03. The second-order valence-electron chi connectivity index (χ2n) is 4.66. The summed E-state index contributed by atoms with van der Waals surface area (Å²) in [5, 5.41) is 11.5. The number of hydrogen-bond acceptors (Lipinski definition) is 3. The average Bonchev–Trinajstić information content (AvgIpc) is 2.77. The topological polar surface area (TPSA) is 69.6 Å². The molecule has 5 nitrogen and oxygen atoms in total. The van der Waals surface area contributed by atoms with Crippen LogP contribution in [0.4, 0.5) is 18.0 Å². The van der Waals surface area contributed by atoms with Gasteiger partial charge in [0.05, 0.1) is 17.4 Å². The lowest BCUT2D eigenvalue weighted by molar-refractivity contribution is -0.115. The number of amides is 2. The van der Waals surface area contributed by atoms with E-state index in [1.165, 1.54) is 4.90 Å². The molecule has 1 atom stereocenters. The van der Waals surface area contributed by atoms with Crippen molar-refractivity contribution in [3.8, 4) is 0 Å². The molecule has 110 valence electrons. The highest BCUT2D eigenvalue weighted by Gasteiger charge is 2.35. The fraction of sp³-hybridized carbons (Fsp3) is 0.500. The first-order chi connectivity index (χ1) is 9.27. The number of hydrogen-bond donors (Lipinski definition) is 2. The summed E-state index contributed by atoms with van der Waals surface area (Å²) in [6.45, 7) is 0.408. The summed E-state index contributed by atoms with van der Waals surface area (Å²) in [6.07, 6.45) is -3.76. The monoisotopic (exact) mass is 290 g/mol. The Morgan fingerprint density at radius 2 is 2.15 bits per heavy atom. The Bertz CT molecular complexity index is 497. The van der Waals surface area contributed by atoms with Gasteiger partial charge in [0, 0.05) is 19.5 Å². The van der Waals surface area contributed by atoms with Gasteiger partial charge in [-0.05, 0) is 12.5 Å². The maximum atomic E-state index is 12.6. The van der Waals surface area contributed by atoms with Crippen molar-refractivity contribution >= 4 is 11.8 Å². The molecule has 0 aromatic carbocycles. The van der Waals surface area contributed by atoms with Gasteiger partial charge in [-0.15, -0.1) is 0 Å². The largest absolute Gasteiger partial charge is 0.416 e. The number of allylic oxidation sites excluding steroid dienone is 4. The van der Waals surface area contributed by atoms with Crippen molar-refractivity contribution < 1.29 is 27.9 Å². The molecule has 2 amide bonds. The fourth-order valence-electron chi connectivity index (χ4n) is 2.03. The molecule has 2 rings (SSSR count). The van der Waals surface area contributed by atoms with E-state index in [-0.39, 0.29) is 12.2 Å². The molecule has 0 aromatic heterocycles. The third kappa shape index (κ3) is 3.19. The maximum Gasteiger partial charge on any atom is 0.416 e. The van der Waals surface area contributed by atoms with Crippen LogP contribution in [-0.4, -0.2) is 47.2 Å². The molecule has 1 aliphatic carbocycles. The Labute approximate surface area is 112 Å². The number of β-amino-alcohol motifs (C(OH)–C–C–N with tert-alkyl or cyclic N) is 1. The second kappa shape index (κ2) is 5.28. The molecule has 1 aliphatic heterocycles. The minimum Gasteiger partial charge on any atom is -0.391 e. The van der Waals surface area contributed by atoms with E-state index in [0.29, 0.717) is 19.0 Å². The van der Waals surface area contributed by atoms with Crippen LogP contribution in [-0.2, 0) is 4.79 Å². The average molecular weight is 290 g/mol. The predicted molar refractivity (Wildman–Crippen MR) is 62.6 cm³/mol. The van der Waals surface area contributed by atoms with Crippen molar-refractivity contribution in [2.75, 3.05) is 13.1 Å². The number of rotatable bonds is 1. The minimum absolute atomic E-state index is 0.106. The zero-order valence-electron chi connectivity index (χ0n) is 10.4. The van der Waals surface area contributed by atoms with E-state index in [2.05, 4.69) is 5.32 Å². The number of likely N-dealkylation sites (tertiary alicyclic amines) is 1. The molecular weight excluding hydrogens is 277 g/mol. The van der Waals surface area contributed by atoms with Crippen LogP contribution in [0.5, 0.6) is 0 Å². The molecule has 0 radical (unpaired) electrons. The first kappa shape index (κ1) is 14.6. The van der Waals surface area contributed by atoms with Crippen LogP contribution >= 0.6 is 0 Å². The summed E-state index contributed by atoms with van der Waals surface area (Å²) in [4.78, 5) is 24.5. The summed E-state index contributed by atoms with van der Waals surface area (Å²) in [5.41, 5.74) is -1.32. The van der Waals surface area contributed by atoms with Gasteiger partial charge in [0.1, 0.15) is 0 Å². The molecular formula is C12H13F3N2O3. The molecule has 2 N–H and O–H groups in total. The van der Waals surface area contributed by atoms with Gasteiger partial charge < -0.3 is 15.3 Å². The van der Waals surface area contributed by atoms with Crippen molar-refractivity contribution in [2.24, 2.45) is 0 Å². The van der Waals surface area contributed by atoms with Gasteiger partial charge in [0.25, 0.3) is 0 Å². The second-order valence-corrected chi connectivity index (χ2v) is 4.66. The van der Waals surface area contributed by atoms with Gasteiger partial charge in [-0.3, -0.25) is 4.79 Å². The van der Waals surface area contributed by atoms with Crippen LogP contribution < -0.4 is 5.32 Å². The number of carbonyl (C=O) groups excluding carboxylic acids is 2. The van der Waals surface area contributed by atoms with Gasteiger partial charge in [0.2, 0.25) is 0 Å². The molecule has 2 aliphatic rings. The number of halogens is 3. The van der Waals surface area contributed by atoms with E-state index in [1.54, 1.807) is 0 Å². The Balaban J connectivity index is 2.07. The van der Waals surface area contributed by atoms with Crippen molar-refractivity contribution in [3.63, 3.8) is 0 Å². The van der Waals surface area contributed by atoms with Crippen molar-refractivity contribution in [2.45, 2.75) is 25.1 Å². The lowest BCUT2D eigenvalue weighted by atomic mass is 10.0. The van der Waals surface area contributed by atoms with E-state index in [0.717, 1.165) is 6.08 Å². The molecule has 0 saturated carbocycles. The third-order valence-electron chi connectivity index (χ3n) is 3.13. The Kier molecular flexibility index (Phi) is 3.85. The normalized spacial score (nSPS) is 23.5. The van der Waals surface area contributed by atoms with E-state index >= 15 is 0 Å². The molecule has 1 heterocycles. The zero-order valence-corrected chi connectivity index (χ0v) is 10.4. The molecule has 8 heteroatoms. The summed E-state index contributed by atoms with van der Waals surface area (Å²) in [7, 11) is 0. The standard InChI is InChI=1S/C12H13F3N2O3/c13-12(14,15)7-1-2-10(19)9(5-7)16-11(20)17-4-3-8(18)6-17/h1,5,8,18H,2-4,6H2,(H,16,20). The number of nitrogens with one attached hydrogen (secondary N) is 1. The van der Waals surface area contributed by atoms with Gasteiger partial charge in [-0.2, -0.15) is 13.2 Å². The predicted octanol–water partition coefficient (Wildman–Crippen LogP) is 1.11. The van der Waals surface area contributed by atoms with Gasteiger partial charge in [-0.1, -0.05) is 6.08 Å². The van der Waals surface area contributed by atoms with Crippen molar-refractivity contribution in [1.82, 2.24) is 10.2 Å². The van der Waals surface area contributed by atoms with Crippen LogP contribution in [0.2, 0.25) is 0 Å². The highest BCUT2D eigenvalue weighted by Crippen LogP contribution is 2.30. The maximum absolute atomic E-state index is 12.6. The van der Waals surface area contributed by atoms with E-state index in [1.807, 2.05) is 0 Å². The summed E-state index contributed by atoms with van der Waals surface area (Å²) in [6, 6.07) is -0.676. The molecule has 1 unspecified atom stereocenters. The highest BCUT2D eigenvalue weighted by molar-refractivity contribution is 6.01. The molecule has 0 spiro atoms. The third-order valence-corrected chi connectivity index (χ3v) is 3.13. The van der Waals surface area contributed by atoms with Gasteiger partial charge in [-0.25, -0.2) is 4.79 Å². The van der Waals surface area contributed by atoms with Gasteiger partial charge >= 0.3 is 12.2 Å². The molecule has 20 heavy (non-hydrogen) atoms. The lowest BCUT2D eigenvalue weighted by Crippen LogP contribution is -2.40. The summed E-state index contributed by atoms with van der Waals surface area (Å²) < 4.78 is 37.7. The first-order valence-corrected chi connectivity index (χ1v) is 6.03. The minimum atomic E-state index is -4.56. The molecule has 0 aromatic rings. The summed E-state index contributed by atoms with van der Waals surface area (Å²) in [5.74, 6) is -0.578. The Morgan fingerprint density at radius 3 is 2.70 bits per heavy atom. The van der Waals surface area contributed by atoms with Crippen LogP contribution in [0.15, 0.2) is 23.4 Å². The van der Waals surface area contributed by atoms with Crippen molar-refractivity contribution in [1.29, 1.82) is 0 Å². The smallest absolute Gasteiger partial charge is 0.391 e. The number of ketones is 1. The number of alkyl halides is 3. The molecule has 1 saturated heterocycles. The Morgan fingerprint density at radius 1 is 1.45 bits per heavy atom. The van der Waals surface area contributed by atoms with E-state index in [4.69, 9.17) is 0 Å². The number of urea groups is 1. The molecule has 0 bridgehead atoms. The first-order valence-electron chi connectivity index (χ1n) is 6.03. The lowest BCUT2D eigenvalue weighted by Gasteiger charge is -2.20. The van der Waals surface area contributed by atoms with Crippen LogP contribution in [0.3, 0.4) is 0 Å². The summed E-state index contributed by atoms with van der Waals surface area (Å²) >= 11 is 0. The number of aliphatic hydroxyl groups excluding tert-OH is 1. The van der Waals surface area contributed by atoms with Crippen LogP contribution in [0.1, 0.15) is 12.8 Å². The zero-order chi connectivity index (χ0) is 14.9. The van der Waals surface area contributed by atoms with Crippen molar-refractivity contribution in [3.05, 3.63) is 23.4 Å².